The lowest BCUT2D eigenvalue weighted by molar-refractivity contribution is 0.277. The number of imidazole rings is 1. The average Bonchev–Trinajstić information content (AvgIpc) is 3.01. The molecule has 0 aliphatic carbocycles. The van der Waals surface area contributed by atoms with Gasteiger partial charge in [-0.3, -0.25) is 0 Å². The van der Waals surface area contributed by atoms with Gasteiger partial charge in [-0.05, 0) is 29.2 Å². The number of unbranched alkanes of at least 4 members (excludes halogenated alkanes) is 1. The number of halogens is 1. The number of rotatable bonds is 7. The Morgan fingerprint density at radius 2 is 1.89 bits per heavy atom. The largest absolute Gasteiger partial charge is 0.390 e. The van der Waals surface area contributed by atoms with Gasteiger partial charge in [0.1, 0.15) is 16.7 Å². The van der Waals surface area contributed by atoms with Gasteiger partial charge >= 0.3 is 0 Å². The van der Waals surface area contributed by atoms with Gasteiger partial charge in [0.2, 0.25) is 0 Å². The fourth-order valence-corrected chi connectivity index (χ4v) is 3.38. The predicted octanol–water partition coefficient (Wildman–Crippen LogP) is 4.96. The van der Waals surface area contributed by atoms with E-state index in [9.17, 15) is 10.4 Å². The molecule has 0 unspecified atom stereocenters. The topological polar surface area (TPSA) is 61.8 Å². The molecule has 0 aliphatic heterocycles. The summed E-state index contributed by atoms with van der Waals surface area (Å²) in [4.78, 5) is 4.49. The summed E-state index contributed by atoms with van der Waals surface area (Å²) in [7, 11) is 0. The molecule has 3 aromatic rings. The van der Waals surface area contributed by atoms with Gasteiger partial charge in [0.05, 0.1) is 24.8 Å². The maximum absolute atomic E-state index is 9.47. The minimum absolute atomic E-state index is 0.158. The summed E-state index contributed by atoms with van der Waals surface area (Å²) in [6.07, 6.45) is 2.94. The highest BCUT2D eigenvalue weighted by Gasteiger charge is 2.15. The van der Waals surface area contributed by atoms with E-state index in [1.165, 1.54) is 0 Å². The highest BCUT2D eigenvalue weighted by atomic mass is 35.5. The first-order chi connectivity index (χ1) is 13.2. The minimum Gasteiger partial charge on any atom is -0.390 e. The third kappa shape index (κ3) is 4.21. The van der Waals surface area contributed by atoms with Gasteiger partial charge in [0, 0.05) is 6.42 Å². The molecule has 0 bridgehead atoms. The number of benzene rings is 2. The van der Waals surface area contributed by atoms with E-state index >= 15 is 0 Å². The molecule has 3 rings (SSSR count). The molecule has 0 saturated heterocycles. The zero-order chi connectivity index (χ0) is 19.2. The first-order valence-electron chi connectivity index (χ1n) is 9.11. The second kappa shape index (κ2) is 8.85. The zero-order valence-electron chi connectivity index (χ0n) is 15.3. The Hall–Kier alpha value is -2.61. The van der Waals surface area contributed by atoms with Crippen LogP contribution in [0, 0.1) is 11.3 Å². The molecule has 0 spiro atoms. The standard InChI is InChI=1S/C22H22ClN3O/c1-2-3-8-21-25-20(15-27)22(23)26(21)14-16-9-11-17(12-10-16)19-7-5-4-6-18(19)13-24/h4-7,9-12,27H,2-3,8,14-15H2,1H3. The molecule has 5 heteroatoms. The molecule has 0 radical (unpaired) electrons. The number of aromatic nitrogens is 2. The fourth-order valence-electron chi connectivity index (χ4n) is 3.12. The van der Waals surface area contributed by atoms with E-state index < -0.39 is 0 Å². The lowest BCUT2D eigenvalue weighted by Gasteiger charge is -2.10. The number of nitriles is 1. The monoisotopic (exact) mass is 379 g/mol. The number of aliphatic hydroxyl groups is 1. The summed E-state index contributed by atoms with van der Waals surface area (Å²) >= 11 is 6.43. The van der Waals surface area contributed by atoms with Crippen LogP contribution in [0.25, 0.3) is 11.1 Å². The van der Waals surface area contributed by atoms with Gasteiger partial charge in [-0.2, -0.15) is 5.26 Å². The van der Waals surface area contributed by atoms with Crippen molar-refractivity contribution < 1.29 is 5.11 Å². The molecule has 1 N–H and O–H groups in total. The van der Waals surface area contributed by atoms with Crippen molar-refractivity contribution in [2.75, 3.05) is 0 Å². The minimum atomic E-state index is -0.158. The number of aliphatic hydroxyl groups excluding tert-OH is 1. The summed E-state index contributed by atoms with van der Waals surface area (Å²) in [5.41, 5.74) is 4.22. The molecule has 2 aromatic carbocycles. The Kier molecular flexibility index (Phi) is 6.28. The lowest BCUT2D eigenvalue weighted by atomic mass is 9.99. The SMILES string of the molecule is CCCCc1nc(CO)c(Cl)n1Cc1ccc(-c2ccccc2C#N)cc1. The quantitative estimate of drug-likeness (QED) is 0.631. The highest BCUT2D eigenvalue weighted by molar-refractivity contribution is 6.30. The Morgan fingerprint density at radius 3 is 2.56 bits per heavy atom. The van der Waals surface area contributed by atoms with E-state index in [4.69, 9.17) is 11.6 Å². The van der Waals surface area contributed by atoms with Crippen molar-refractivity contribution in [1.82, 2.24) is 9.55 Å². The van der Waals surface area contributed by atoms with E-state index in [1.54, 1.807) is 0 Å². The van der Waals surface area contributed by atoms with E-state index in [-0.39, 0.29) is 6.61 Å². The van der Waals surface area contributed by atoms with Gasteiger partial charge in [-0.25, -0.2) is 4.98 Å². The van der Waals surface area contributed by atoms with Crippen molar-refractivity contribution in [3.8, 4) is 17.2 Å². The van der Waals surface area contributed by atoms with E-state index in [0.29, 0.717) is 23.0 Å². The van der Waals surface area contributed by atoms with Crippen LogP contribution in [0.15, 0.2) is 48.5 Å². The van der Waals surface area contributed by atoms with Crippen LogP contribution in [-0.2, 0) is 19.6 Å². The Morgan fingerprint density at radius 1 is 1.15 bits per heavy atom. The normalized spacial score (nSPS) is 10.7. The van der Waals surface area contributed by atoms with E-state index in [1.807, 2.05) is 53.1 Å². The summed E-state index contributed by atoms with van der Waals surface area (Å²) in [5, 5.41) is 19.3. The van der Waals surface area contributed by atoms with Gasteiger partial charge in [0.25, 0.3) is 0 Å². The second-order valence-corrected chi connectivity index (χ2v) is 6.83. The van der Waals surface area contributed by atoms with Crippen LogP contribution < -0.4 is 0 Å². The van der Waals surface area contributed by atoms with E-state index in [2.05, 4.69) is 18.0 Å². The summed E-state index contributed by atoms with van der Waals surface area (Å²) in [6.45, 7) is 2.58. The zero-order valence-corrected chi connectivity index (χ0v) is 16.1. The molecule has 27 heavy (non-hydrogen) atoms. The van der Waals surface area contributed by atoms with Crippen molar-refractivity contribution in [3.63, 3.8) is 0 Å². The van der Waals surface area contributed by atoms with Crippen molar-refractivity contribution in [1.29, 1.82) is 5.26 Å². The van der Waals surface area contributed by atoms with Crippen LogP contribution in [0.3, 0.4) is 0 Å². The number of hydrogen-bond acceptors (Lipinski definition) is 3. The van der Waals surface area contributed by atoms with E-state index in [0.717, 1.165) is 41.8 Å². The molecular formula is C22H22ClN3O. The van der Waals surface area contributed by atoms with Crippen LogP contribution >= 0.6 is 11.6 Å². The average molecular weight is 380 g/mol. The van der Waals surface area contributed by atoms with Crippen LogP contribution in [0.1, 0.15) is 42.4 Å². The van der Waals surface area contributed by atoms with Crippen molar-refractivity contribution in [2.45, 2.75) is 39.3 Å². The lowest BCUT2D eigenvalue weighted by Crippen LogP contribution is -2.05. The molecule has 1 aromatic heterocycles. The maximum Gasteiger partial charge on any atom is 0.134 e. The van der Waals surface area contributed by atoms with Crippen LogP contribution in [-0.4, -0.2) is 14.7 Å². The molecule has 0 saturated carbocycles. The smallest absolute Gasteiger partial charge is 0.134 e. The van der Waals surface area contributed by atoms with Crippen LogP contribution in [0.5, 0.6) is 0 Å². The number of nitrogens with zero attached hydrogens (tertiary/aromatic N) is 3. The molecule has 0 fully saturated rings. The van der Waals surface area contributed by atoms with Crippen molar-refractivity contribution in [3.05, 3.63) is 76.3 Å². The van der Waals surface area contributed by atoms with Crippen LogP contribution in [0.2, 0.25) is 5.15 Å². The molecule has 138 valence electrons. The summed E-state index contributed by atoms with van der Waals surface area (Å²) < 4.78 is 1.97. The first kappa shape index (κ1) is 19.2. The first-order valence-corrected chi connectivity index (χ1v) is 9.48. The molecule has 0 aliphatic rings. The third-order valence-corrected chi connectivity index (χ3v) is 5.03. The Bertz CT molecular complexity index is 955. The van der Waals surface area contributed by atoms with Gasteiger partial charge in [-0.1, -0.05) is 67.4 Å². The molecule has 1 heterocycles. The predicted molar refractivity (Wildman–Crippen MR) is 107 cm³/mol. The summed E-state index contributed by atoms with van der Waals surface area (Å²) in [5.74, 6) is 0.907. The van der Waals surface area contributed by atoms with Crippen molar-refractivity contribution in [2.24, 2.45) is 0 Å². The van der Waals surface area contributed by atoms with Gasteiger partial charge < -0.3 is 9.67 Å². The Labute approximate surface area is 164 Å². The van der Waals surface area contributed by atoms with Gasteiger partial charge in [-0.15, -0.1) is 0 Å². The fraction of sp³-hybridized carbons (Fsp3) is 0.273. The number of aryl methyl sites for hydroxylation is 1. The molecule has 0 amide bonds. The third-order valence-electron chi connectivity index (χ3n) is 4.61. The summed E-state index contributed by atoms with van der Waals surface area (Å²) in [6, 6.07) is 18.0. The maximum atomic E-state index is 9.47. The van der Waals surface area contributed by atoms with Crippen LogP contribution in [0.4, 0.5) is 0 Å². The van der Waals surface area contributed by atoms with Crippen molar-refractivity contribution >= 4 is 11.6 Å². The molecule has 0 atom stereocenters. The Balaban J connectivity index is 1.87. The highest BCUT2D eigenvalue weighted by Crippen LogP contribution is 2.25. The molecule has 4 nitrogen and oxygen atoms in total. The van der Waals surface area contributed by atoms with Gasteiger partial charge in [0.15, 0.2) is 0 Å². The second-order valence-electron chi connectivity index (χ2n) is 6.47. The number of hydrogen-bond donors (Lipinski definition) is 1. The molecular weight excluding hydrogens is 358 g/mol.